The lowest BCUT2D eigenvalue weighted by atomic mass is 9.78. The summed E-state index contributed by atoms with van der Waals surface area (Å²) in [5.74, 6) is -2.28. The van der Waals surface area contributed by atoms with Gasteiger partial charge in [0.1, 0.15) is 0 Å². The lowest BCUT2D eigenvalue weighted by molar-refractivity contribution is -0.166. The topological polar surface area (TPSA) is 74.6 Å². The van der Waals surface area contributed by atoms with E-state index in [9.17, 15) is 19.8 Å². The molecule has 35 heavy (non-hydrogen) atoms. The highest BCUT2D eigenvalue weighted by molar-refractivity contribution is 5.98. The van der Waals surface area contributed by atoms with Crippen LogP contribution in [0, 0.1) is 5.41 Å². The van der Waals surface area contributed by atoms with Crippen LogP contribution in [0.2, 0.25) is 0 Å². The number of aliphatic carboxylic acids is 2. The molecular weight excluding hydrogens is 436 g/mol. The second kappa shape index (κ2) is 24.6. The highest BCUT2D eigenvalue weighted by Crippen LogP contribution is 2.33. The highest BCUT2D eigenvalue weighted by atomic mass is 16.4. The fraction of sp³-hybridized carbons (Fsp3) is 0.935. The van der Waals surface area contributed by atoms with Crippen molar-refractivity contribution in [2.75, 3.05) is 0 Å². The molecule has 0 aromatic rings. The van der Waals surface area contributed by atoms with Gasteiger partial charge in [-0.25, -0.2) is 0 Å². The molecule has 0 radical (unpaired) electrons. The predicted octanol–water partition coefficient (Wildman–Crippen LogP) is 10.3. The Morgan fingerprint density at radius 2 is 0.600 bits per heavy atom. The van der Waals surface area contributed by atoms with Crippen LogP contribution in [0.5, 0.6) is 0 Å². The molecule has 4 nitrogen and oxygen atoms in total. The molecule has 0 rings (SSSR count). The number of hydrogen-bond acceptors (Lipinski definition) is 2. The third-order valence-electron chi connectivity index (χ3n) is 7.73. The maximum Gasteiger partial charge on any atom is 0.321 e. The molecule has 0 aliphatic carbocycles. The summed E-state index contributed by atoms with van der Waals surface area (Å²) in [5, 5.41) is 19.5. The van der Waals surface area contributed by atoms with Crippen LogP contribution in [0.25, 0.3) is 0 Å². The molecule has 0 heterocycles. The Balaban J connectivity index is 3.91. The Morgan fingerprint density at radius 1 is 0.400 bits per heavy atom. The summed E-state index contributed by atoms with van der Waals surface area (Å²) in [5.41, 5.74) is -1.59. The summed E-state index contributed by atoms with van der Waals surface area (Å²) in [7, 11) is 0. The van der Waals surface area contributed by atoms with E-state index in [1.165, 1.54) is 116 Å². The van der Waals surface area contributed by atoms with Gasteiger partial charge in [-0.2, -0.15) is 0 Å². The van der Waals surface area contributed by atoms with E-state index in [-0.39, 0.29) is 12.8 Å². The van der Waals surface area contributed by atoms with E-state index in [1.807, 2.05) is 0 Å². The lowest BCUT2D eigenvalue weighted by Crippen LogP contribution is -2.39. The Labute approximate surface area is 218 Å². The second-order valence-electron chi connectivity index (χ2n) is 11.0. The average Bonchev–Trinajstić information content (AvgIpc) is 2.83. The van der Waals surface area contributed by atoms with Crippen LogP contribution in [-0.4, -0.2) is 22.2 Å². The standard InChI is InChI=1S/C31H60O4/c1-3-5-7-9-11-13-15-17-19-21-23-25-27-31(29(32)33,30(34)35)28-26-24-22-20-18-16-14-12-10-8-6-4-2/h3-28H2,1-2H3,(H,32,33)(H,34,35). The van der Waals surface area contributed by atoms with Gasteiger partial charge in [-0.1, -0.05) is 168 Å². The minimum atomic E-state index is -1.59. The van der Waals surface area contributed by atoms with Gasteiger partial charge in [-0.15, -0.1) is 0 Å². The zero-order valence-electron chi connectivity index (χ0n) is 23.6. The van der Waals surface area contributed by atoms with Gasteiger partial charge in [-0.05, 0) is 12.8 Å². The molecule has 0 unspecified atom stereocenters. The maximum absolute atomic E-state index is 11.9. The summed E-state index contributed by atoms with van der Waals surface area (Å²) in [4.78, 5) is 23.9. The van der Waals surface area contributed by atoms with E-state index >= 15 is 0 Å². The third kappa shape index (κ3) is 18.8. The lowest BCUT2D eigenvalue weighted by Gasteiger charge is -2.25. The quantitative estimate of drug-likeness (QED) is 0.0834. The minimum Gasteiger partial charge on any atom is -0.480 e. The summed E-state index contributed by atoms with van der Waals surface area (Å²) in [6.45, 7) is 4.49. The van der Waals surface area contributed by atoms with Gasteiger partial charge >= 0.3 is 11.9 Å². The van der Waals surface area contributed by atoms with Crippen LogP contribution < -0.4 is 0 Å². The molecule has 0 aromatic carbocycles. The van der Waals surface area contributed by atoms with E-state index in [1.54, 1.807) is 0 Å². The molecule has 0 bridgehead atoms. The molecule has 0 saturated heterocycles. The van der Waals surface area contributed by atoms with Gasteiger partial charge in [0.15, 0.2) is 5.41 Å². The molecule has 0 fully saturated rings. The molecule has 0 atom stereocenters. The first-order valence-electron chi connectivity index (χ1n) is 15.5. The molecule has 0 aromatic heterocycles. The van der Waals surface area contributed by atoms with Gasteiger partial charge in [0, 0.05) is 0 Å². The van der Waals surface area contributed by atoms with Crippen molar-refractivity contribution in [1.29, 1.82) is 0 Å². The number of carbonyl (C=O) groups is 2. The van der Waals surface area contributed by atoms with Crippen molar-refractivity contribution in [3.63, 3.8) is 0 Å². The first kappa shape index (κ1) is 33.9. The minimum absolute atomic E-state index is 0.271. The Morgan fingerprint density at radius 3 is 0.800 bits per heavy atom. The van der Waals surface area contributed by atoms with Gasteiger partial charge in [0.2, 0.25) is 0 Å². The molecule has 0 amide bonds. The number of carboxylic acids is 2. The van der Waals surface area contributed by atoms with E-state index in [4.69, 9.17) is 0 Å². The zero-order valence-corrected chi connectivity index (χ0v) is 23.6. The first-order valence-corrected chi connectivity index (χ1v) is 15.5. The average molecular weight is 497 g/mol. The second-order valence-corrected chi connectivity index (χ2v) is 11.0. The first-order chi connectivity index (χ1) is 17.0. The van der Waals surface area contributed by atoms with E-state index in [0.717, 1.165) is 25.7 Å². The van der Waals surface area contributed by atoms with Crippen LogP contribution >= 0.6 is 0 Å². The van der Waals surface area contributed by atoms with Gasteiger partial charge in [0.05, 0.1) is 0 Å². The van der Waals surface area contributed by atoms with E-state index in [2.05, 4.69) is 13.8 Å². The Kier molecular flexibility index (Phi) is 23.9. The fourth-order valence-corrected chi connectivity index (χ4v) is 5.18. The Hall–Kier alpha value is -1.06. The third-order valence-corrected chi connectivity index (χ3v) is 7.73. The smallest absolute Gasteiger partial charge is 0.321 e. The van der Waals surface area contributed by atoms with Crippen molar-refractivity contribution in [3.05, 3.63) is 0 Å². The number of unbranched alkanes of at least 4 members (excludes halogenated alkanes) is 22. The molecule has 4 heteroatoms. The van der Waals surface area contributed by atoms with E-state index < -0.39 is 17.4 Å². The fourth-order valence-electron chi connectivity index (χ4n) is 5.18. The summed E-state index contributed by atoms with van der Waals surface area (Å²) >= 11 is 0. The summed E-state index contributed by atoms with van der Waals surface area (Å²) in [6, 6.07) is 0. The maximum atomic E-state index is 11.9. The molecule has 0 saturated carbocycles. The van der Waals surface area contributed by atoms with Crippen molar-refractivity contribution in [3.8, 4) is 0 Å². The summed E-state index contributed by atoms with van der Waals surface area (Å²) < 4.78 is 0. The van der Waals surface area contributed by atoms with Crippen LogP contribution in [0.1, 0.15) is 181 Å². The van der Waals surface area contributed by atoms with Crippen LogP contribution in [0.4, 0.5) is 0 Å². The van der Waals surface area contributed by atoms with Crippen LogP contribution in [0.15, 0.2) is 0 Å². The zero-order chi connectivity index (χ0) is 26.0. The number of carboxylic acid groups (broad SMARTS) is 2. The van der Waals surface area contributed by atoms with Crippen molar-refractivity contribution in [1.82, 2.24) is 0 Å². The monoisotopic (exact) mass is 496 g/mol. The number of hydrogen-bond donors (Lipinski definition) is 2. The van der Waals surface area contributed by atoms with Crippen molar-refractivity contribution in [2.45, 2.75) is 181 Å². The van der Waals surface area contributed by atoms with Gasteiger partial charge in [-0.3, -0.25) is 9.59 Å². The van der Waals surface area contributed by atoms with Gasteiger partial charge < -0.3 is 10.2 Å². The van der Waals surface area contributed by atoms with Gasteiger partial charge in [0.25, 0.3) is 0 Å². The van der Waals surface area contributed by atoms with E-state index in [0.29, 0.717) is 12.8 Å². The number of rotatable bonds is 28. The molecule has 0 spiro atoms. The highest BCUT2D eigenvalue weighted by Gasteiger charge is 2.45. The molecular formula is C31H60O4. The largest absolute Gasteiger partial charge is 0.480 e. The van der Waals surface area contributed by atoms with Crippen LogP contribution in [0.3, 0.4) is 0 Å². The predicted molar refractivity (Wildman–Crippen MR) is 149 cm³/mol. The normalized spacial score (nSPS) is 11.7. The van der Waals surface area contributed by atoms with Crippen molar-refractivity contribution >= 4 is 11.9 Å². The molecule has 2 N–H and O–H groups in total. The van der Waals surface area contributed by atoms with Crippen LogP contribution in [-0.2, 0) is 9.59 Å². The summed E-state index contributed by atoms with van der Waals surface area (Å²) in [6.07, 6.45) is 29.5. The molecule has 208 valence electrons. The van der Waals surface area contributed by atoms with Crippen molar-refractivity contribution < 1.29 is 19.8 Å². The van der Waals surface area contributed by atoms with Crippen molar-refractivity contribution in [2.24, 2.45) is 5.41 Å². The SMILES string of the molecule is CCCCCCCCCCCCCCC(CCCCCCCCCCCCCC)(C(=O)O)C(=O)O. The Bertz CT molecular complexity index is 444. The molecule has 0 aliphatic rings. The molecule has 0 aliphatic heterocycles.